The minimum absolute atomic E-state index is 0.265. The Hall–Kier alpha value is -0.126. The summed E-state index contributed by atoms with van der Waals surface area (Å²) < 4.78 is 12.8. The molecule has 25 heavy (non-hydrogen) atoms. The molecule has 0 aromatic heterocycles. The van der Waals surface area contributed by atoms with E-state index in [1.54, 1.807) is 0 Å². The predicted molar refractivity (Wildman–Crippen MR) is 115 cm³/mol. The Labute approximate surface area is 159 Å². The maximum Gasteiger partial charge on any atom is 0.192 e. The van der Waals surface area contributed by atoms with Gasteiger partial charge in [-0.2, -0.15) is 0 Å². The smallest absolute Gasteiger partial charge is 0.192 e. The Balaban J connectivity index is 2.64. The molecule has 0 spiro atoms. The zero-order valence-corrected chi connectivity index (χ0v) is 20.5. The lowest BCUT2D eigenvalue weighted by atomic mass is 9.93. The second-order valence-corrected chi connectivity index (χ2v) is 20.2. The molecular formula is C21H42O2Si2. The average molecular weight is 383 g/mol. The quantitative estimate of drug-likeness (QED) is 0.374. The number of rotatable bonds is 5. The van der Waals surface area contributed by atoms with Gasteiger partial charge in [-0.25, -0.2) is 0 Å². The summed E-state index contributed by atoms with van der Waals surface area (Å²) in [7, 11) is -3.33. The standard InChI is InChI=1S/C21H42O2Si2/c1-20(2,3)24(7,8)22-16-12-14-18-13-11-15-19(17-18)23-25(9,10)21(4,5)6/h12,19H,11,13,15-17H2,1-10H3. The van der Waals surface area contributed by atoms with E-state index in [-0.39, 0.29) is 10.1 Å². The van der Waals surface area contributed by atoms with Crippen LogP contribution in [0.25, 0.3) is 0 Å². The van der Waals surface area contributed by atoms with E-state index in [0.29, 0.717) is 12.7 Å². The lowest BCUT2D eigenvalue weighted by Crippen LogP contribution is -2.44. The van der Waals surface area contributed by atoms with Crippen molar-refractivity contribution < 1.29 is 8.85 Å². The van der Waals surface area contributed by atoms with E-state index in [4.69, 9.17) is 8.85 Å². The van der Waals surface area contributed by atoms with Gasteiger partial charge >= 0.3 is 0 Å². The van der Waals surface area contributed by atoms with Crippen LogP contribution in [0.15, 0.2) is 17.4 Å². The summed E-state index contributed by atoms with van der Waals surface area (Å²) in [5.41, 5.74) is 4.94. The molecule has 1 saturated carbocycles. The summed E-state index contributed by atoms with van der Waals surface area (Å²) in [6.45, 7) is 23.8. The summed E-state index contributed by atoms with van der Waals surface area (Å²) >= 11 is 0. The van der Waals surface area contributed by atoms with Crippen LogP contribution in [0, 0.1) is 0 Å². The maximum atomic E-state index is 6.62. The molecule has 1 aliphatic carbocycles. The minimum atomic E-state index is -1.68. The Morgan fingerprint density at radius 3 is 2.08 bits per heavy atom. The maximum absolute atomic E-state index is 6.62. The van der Waals surface area contributed by atoms with Crippen LogP contribution in [0.4, 0.5) is 0 Å². The summed E-state index contributed by atoms with van der Waals surface area (Å²) in [5.74, 6) is 0. The van der Waals surface area contributed by atoms with Crippen molar-refractivity contribution in [1.29, 1.82) is 0 Å². The highest BCUT2D eigenvalue weighted by atomic mass is 28.4. The molecule has 0 bridgehead atoms. The molecule has 1 rings (SSSR count). The van der Waals surface area contributed by atoms with E-state index in [9.17, 15) is 0 Å². The van der Waals surface area contributed by atoms with E-state index >= 15 is 0 Å². The highest BCUT2D eigenvalue weighted by Crippen LogP contribution is 2.39. The van der Waals surface area contributed by atoms with Crippen molar-refractivity contribution in [3.8, 4) is 0 Å². The molecule has 146 valence electrons. The normalized spacial score (nSPS) is 20.4. The molecule has 0 radical (unpaired) electrons. The second kappa shape index (κ2) is 8.27. The topological polar surface area (TPSA) is 18.5 Å². The Morgan fingerprint density at radius 2 is 1.56 bits per heavy atom. The van der Waals surface area contributed by atoms with Crippen LogP contribution >= 0.6 is 0 Å². The molecule has 0 aliphatic heterocycles. The first kappa shape index (κ1) is 22.9. The summed E-state index contributed by atoms with van der Waals surface area (Å²) in [4.78, 5) is 0. The van der Waals surface area contributed by atoms with Crippen LogP contribution in [0.1, 0.15) is 67.2 Å². The van der Waals surface area contributed by atoms with E-state index in [1.165, 1.54) is 18.4 Å². The highest BCUT2D eigenvalue weighted by molar-refractivity contribution is 6.74. The average Bonchev–Trinajstić information content (AvgIpc) is 2.41. The number of hydrogen-bond donors (Lipinski definition) is 0. The van der Waals surface area contributed by atoms with Gasteiger partial charge in [-0.15, -0.1) is 5.73 Å². The highest BCUT2D eigenvalue weighted by Gasteiger charge is 2.39. The van der Waals surface area contributed by atoms with Crippen LogP contribution in [-0.4, -0.2) is 29.3 Å². The third kappa shape index (κ3) is 6.84. The Kier molecular flexibility index (Phi) is 7.58. The van der Waals surface area contributed by atoms with Gasteiger partial charge in [0, 0.05) is 12.5 Å². The van der Waals surface area contributed by atoms with Crippen molar-refractivity contribution in [3.05, 3.63) is 17.4 Å². The molecule has 1 aliphatic rings. The third-order valence-corrected chi connectivity index (χ3v) is 15.4. The molecule has 0 N–H and O–H groups in total. The SMILES string of the molecule is CC(C)(C)[Si](C)(C)OCC=C=C1CCCC(O[Si](C)(C)C(C)(C)C)C1. The van der Waals surface area contributed by atoms with E-state index in [1.807, 2.05) is 0 Å². The first-order valence-corrected chi connectivity index (χ1v) is 15.7. The van der Waals surface area contributed by atoms with E-state index in [0.717, 1.165) is 12.8 Å². The zero-order chi connectivity index (χ0) is 19.5. The Morgan fingerprint density at radius 1 is 1.00 bits per heavy atom. The fourth-order valence-corrected chi connectivity index (χ4v) is 4.82. The van der Waals surface area contributed by atoms with Crippen molar-refractivity contribution in [2.24, 2.45) is 0 Å². The van der Waals surface area contributed by atoms with Gasteiger partial charge < -0.3 is 8.85 Å². The largest absolute Gasteiger partial charge is 0.414 e. The second-order valence-electron chi connectivity index (χ2n) is 10.6. The lowest BCUT2D eigenvalue weighted by molar-refractivity contribution is 0.156. The first-order valence-electron chi connectivity index (χ1n) is 9.90. The zero-order valence-electron chi connectivity index (χ0n) is 18.5. The van der Waals surface area contributed by atoms with Crippen molar-refractivity contribution in [2.75, 3.05) is 6.61 Å². The fraction of sp³-hybridized carbons (Fsp3) is 0.857. The summed E-state index contributed by atoms with van der Waals surface area (Å²) in [6.07, 6.45) is 7.10. The molecule has 0 amide bonds. The monoisotopic (exact) mass is 382 g/mol. The van der Waals surface area contributed by atoms with Crippen LogP contribution < -0.4 is 0 Å². The van der Waals surface area contributed by atoms with Crippen LogP contribution in [0.2, 0.25) is 36.3 Å². The molecule has 0 aromatic rings. The van der Waals surface area contributed by atoms with Crippen LogP contribution in [0.5, 0.6) is 0 Å². The molecule has 0 aromatic carbocycles. The molecule has 0 heterocycles. The molecule has 4 heteroatoms. The lowest BCUT2D eigenvalue weighted by Gasteiger charge is -2.40. The van der Waals surface area contributed by atoms with Crippen LogP contribution in [-0.2, 0) is 8.85 Å². The predicted octanol–water partition coefficient (Wildman–Crippen LogP) is 7.05. The molecule has 1 atom stereocenters. The molecule has 1 unspecified atom stereocenters. The molecular weight excluding hydrogens is 340 g/mol. The van der Waals surface area contributed by atoms with Crippen molar-refractivity contribution >= 4 is 16.6 Å². The molecule has 1 fully saturated rings. The van der Waals surface area contributed by atoms with Gasteiger partial charge in [-0.05, 0) is 67.2 Å². The van der Waals surface area contributed by atoms with Gasteiger partial charge in [0.2, 0.25) is 0 Å². The van der Waals surface area contributed by atoms with Crippen molar-refractivity contribution in [1.82, 2.24) is 0 Å². The van der Waals surface area contributed by atoms with Gasteiger partial charge in [0.05, 0.1) is 6.61 Å². The van der Waals surface area contributed by atoms with Gasteiger partial charge in [-0.1, -0.05) is 41.5 Å². The summed E-state index contributed by atoms with van der Waals surface area (Å²) in [5, 5.41) is 0.544. The van der Waals surface area contributed by atoms with E-state index < -0.39 is 16.6 Å². The van der Waals surface area contributed by atoms with E-state index in [2.05, 4.69) is 79.5 Å². The minimum Gasteiger partial charge on any atom is -0.414 e. The summed E-state index contributed by atoms with van der Waals surface area (Å²) in [6, 6.07) is 0. The number of hydrogen-bond acceptors (Lipinski definition) is 2. The van der Waals surface area contributed by atoms with Gasteiger partial charge in [0.15, 0.2) is 16.6 Å². The third-order valence-electron chi connectivity index (χ3n) is 6.39. The van der Waals surface area contributed by atoms with Gasteiger partial charge in [-0.3, -0.25) is 0 Å². The van der Waals surface area contributed by atoms with Gasteiger partial charge in [0.25, 0.3) is 0 Å². The molecule has 2 nitrogen and oxygen atoms in total. The molecule has 0 saturated heterocycles. The van der Waals surface area contributed by atoms with Gasteiger partial charge in [0.1, 0.15) is 0 Å². The van der Waals surface area contributed by atoms with Crippen molar-refractivity contribution in [3.63, 3.8) is 0 Å². The fourth-order valence-electron chi connectivity index (χ4n) is 2.50. The van der Waals surface area contributed by atoms with Crippen LogP contribution in [0.3, 0.4) is 0 Å². The first-order chi connectivity index (χ1) is 11.2. The van der Waals surface area contributed by atoms with Crippen molar-refractivity contribution in [2.45, 2.75) is 110 Å². The Bertz CT molecular complexity index is 501.